The van der Waals surface area contributed by atoms with Gasteiger partial charge in [-0.15, -0.1) is 0 Å². The third kappa shape index (κ3) is 6.12. The van der Waals surface area contributed by atoms with Crippen LogP contribution < -0.4 is 10.6 Å². The topological polar surface area (TPSA) is 92.3 Å². The standard InChI is InChI=1S/C19H28N2O4S/c1-13(2)17(15-6-4-14(3)5-7-15)10-18(22)20-11-19(23)21-16-8-9-26(24,25)12-16/h4-7,13,16-17H,8-12H2,1-3H3,(H,20,22)(H,21,23). The number of amides is 2. The van der Waals surface area contributed by atoms with Gasteiger partial charge in [-0.05, 0) is 30.7 Å². The summed E-state index contributed by atoms with van der Waals surface area (Å²) < 4.78 is 22.8. The first-order valence-corrected chi connectivity index (χ1v) is 10.8. The van der Waals surface area contributed by atoms with Crippen LogP contribution in [-0.2, 0) is 19.4 Å². The SMILES string of the molecule is Cc1ccc(C(CC(=O)NCC(=O)NC2CCS(=O)(=O)C2)C(C)C)cc1. The fourth-order valence-electron chi connectivity index (χ4n) is 3.19. The Kier molecular flexibility index (Phi) is 6.81. The second-order valence-corrected chi connectivity index (χ2v) is 9.64. The summed E-state index contributed by atoms with van der Waals surface area (Å²) in [6, 6.07) is 7.80. The molecule has 0 aliphatic carbocycles. The first kappa shape index (κ1) is 20.4. The van der Waals surface area contributed by atoms with E-state index in [9.17, 15) is 18.0 Å². The van der Waals surface area contributed by atoms with Crippen LogP contribution in [0.3, 0.4) is 0 Å². The van der Waals surface area contributed by atoms with Crippen molar-refractivity contribution in [1.29, 1.82) is 0 Å². The Morgan fingerprint density at radius 2 is 1.81 bits per heavy atom. The number of rotatable bonds is 7. The molecular formula is C19H28N2O4S. The molecule has 2 atom stereocenters. The minimum absolute atomic E-state index is 0.0183. The zero-order chi connectivity index (χ0) is 19.3. The number of nitrogens with one attached hydrogen (secondary N) is 2. The fraction of sp³-hybridized carbons (Fsp3) is 0.579. The highest BCUT2D eigenvalue weighted by atomic mass is 32.2. The van der Waals surface area contributed by atoms with Crippen molar-refractivity contribution in [2.24, 2.45) is 5.92 Å². The van der Waals surface area contributed by atoms with E-state index in [4.69, 9.17) is 0 Å². The number of sulfone groups is 1. The highest BCUT2D eigenvalue weighted by molar-refractivity contribution is 7.91. The molecule has 26 heavy (non-hydrogen) atoms. The van der Waals surface area contributed by atoms with Crippen LogP contribution in [0, 0.1) is 12.8 Å². The zero-order valence-corrected chi connectivity index (χ0v) is 16.4. The number of carbonyl (C=O) groups is 2. The molecule has 0 aromatic heterocycles. The van der Waals surface area contributed by atoms with E-state index in [1.165, 1.54) is 5.56 Å². The Hall–Kier alpha value is -1.89. The molecular weight excluding hydrogens is 352 g/mol. The highest BCUT2D eigenvalue weighted by Gasteiger charge is 2.29. The number of carbonyl (C=O) groups excluding carboxylic acids is 2. The molecule has 1 saturated heterocycles. The van der Waals surface area contributed by atoms with Crippen LogP contribution >= 0.6 is 0 Å². The Morgan fingerprint density at radius 3 is 2.35 bits per heavy atom. The van der Waals surface area contributed by atoms with Crippen LogP contribution in [0.4, 0.5) is 0 Å². The Balaban J connectivity index is 1.82. The fourth-order valence-corrected chi connectivity index (χ4v) is 4.86. The van der Waals surface area contributed by atoms with Crippen molar-refractivity contribution in [3.8, 4) is 0 Å². The molecule has 2 rings (SSSR count). The van der Waals surface area contributed by atoms with E-state index in [2.05, 4.69) is 24.5 Å². The van der Waals surface area contributed by atoms with Crippen molar-refractivity contribution in [2.75, 3.05) is 18.1 Å². The van der Waals surface area contributed by atoms with Crippen LogP contribution in [0.15, 0.2) is 24.3 Å². The van der Waals surface area contributed by atoms with Gasteiger partial charge in [-0.2, -0.15) is 0 Å². The molecule has 1 aromatic rings. The lowest BCUT2D eigenvalue weighted by Crippen LogP contribution is -2.42. The van der Waals surface area contributed by atoms with E-state index < -0.39 is 9.84 Å². The maximum absolute atomic E-state index is 12.3. The molecule has 2 amide bonds. The molecule has 1 aliphatic heterocycles. The molecule has 1 aliphatic rings. The minimum Gasteiger partial charge on any atom is -0.351 e. The molecule has 6 nitrogen and oxygen atoms in total. The van der Waals surface area contributed by atoms with Gasteiger partial charge in [0.1, 0.15) is 0 Å². The molecule has 0 bridgehead atoms. The minimum atomic E-state index is -3.03. The third-order valence-electron chi connectivity index (χ3n) is 4.76. The van der Waals surface area contributed by atoms with Crippen LogP contribution in [-0.4, -0.2) is 44.3 Å². The molecule has 0 spiro atoms. The Morgan fingerprint density at radius 1 is 1.15 bits per heavy atom. The predicted molar refractivity (Wildman–Crippen MR) is 102 cm³/mol. The normalized spacial score (nSPS) is 19.9. The summed E-state index contributed by atoms with van der Waals surface area (Å²) in [5, 5.41) is 5.31. The second kappa shape index (κ2) is 8.66. The van der Waals surface area contributed by atoms with Crippen molar-refractivity contribution >= 4 is 21.7 Å². The van der Waals surface area contributed by atoms with Gasteiger partial charge in [-0.3, -0.25) is 9.59 Å². The summed E-state index contributed by atoms with van der Waals surface area (Å²) in [6.07, 6.45) is 0.747. The molecule has 0 saturated carbocycles. The first-order chi connectivity index (χ1) is 12.2. The van der Waals surface area contributed by atoms with Crippen molar-refractivity contribution in [3.05, 3.63) is 35.4 Å². The summed E-state index contributed by atoms with van der Waals surface area (Å²) in [7, 11) is -3.03. The van der Waals surface area contributed by atoms with E-state index in [1.807, 2.05) is 31.2 Å². The average Bonchev–Trinajstić information content (AvgIpc) is 2.90. The van der Waals surface area contributed by atoms with Crippen LogP contribution in [0.25, 0.3) is 0 Å². The van der Waals surface area contributed by atoms with Gasteiger partial charge in [0.25, 0.3) is 0 Å². The largest absolute Gasteiger partial charge is 0.351 e. The molecule has 1 aromatic carbocycles. The van der Waals surface area contributed by atoms with Crippen LogP contribution in [0.1, 0.15) is 43.7 Å². The second-order valence-electron chi connectivity index (χ2n) is 7.41. The van der Waals surface area contributed by atoms with Gasteiger partial charge in [0.15, 0.2) is 9.84 Å². The number of benzene rings is 1. The van der Waals surface area contributed by atoms with Gasteiger partial charge >= 0.3 is 0 Å². The van der Waals surface area contributed by atoms with E-state index in [0.717, 1.165) is 5.56 Å². The van der Waals surface area contributed by atoms with Gasteiger partial charge in [0.05, 0.1) is 18.1 Å². The summed E-state index contributed by atoms with van der Waals surface area (Å²) in [5.41, 5.74) is 2.28. The molecule has 1 heterocycles. The lowest BCUT2D eigenvalue weighted by Gasteiger charge is -2.21. The highest BCUT2D eigenvalue weighted by Crippen LogP contribution is 2.28. The lowest BCUT2D eigenvalue weighted by atomic mass is 9.85. The van der Waals surface area contributed by atoms with E-state index >= 15 is 0 Å². The zero-order valence-electron chi connectivity index (χ0n) is 15.6. The van der Waals surface area contributed by atoms with Gasteiger partial charge in [-0.1, -0.05) is 43.7 Å². The quantitative estimate of drug-likeness (QED) is 0.751. The number of aryl methyl sites for hydroxylation is 1. The average molecular weight is 381 g/mol. The summed E-state index contributed by atoms with van der Waals surface area (Å²) in [5.74, 6) is -0.0677. The van der Waals surface area contributed by atoms with Gasteiger partial charge < -0.3 is 10.6 Å². The van der Waals surface area contributed by atoms with Crippen LogP contribution in [0.2, 0.25) is 0 Å². The van der Waals surface area contributed by atoms with Crippen LogP contribution in [0.5, 0.6) is 0 Å². The number of hydrogen-bond acceptors (Lipinski definition) is 4. The Labute approximate surface area is 155 Å². The van der Waals surface area contributed by atoms with E-state index in [1.54, 1.807) is 0 Å². The predicted octanol–water partition coefficient (Wildman–Crippen LogP) is 1.54. The monoisotopic (exact) mass is 380 g/mol. The summed E-state index contributed by atoms with van der Waals surface area (Å²) >= 11 is 0. The third-order valence-corrected chi connectivity index (χ3v) is 6.53. The van der Waals surface area contributed by atoms with E-state index in [0.29, 0.717) is 18.8 Å². The van der Waals surface area contributed by atoms with Crippen molar-refractivity contribution < 1.29 is 18.0 Å². The lowest BCUT2D eigenvalue weighted by molar-refractivity contribution is -0.126. The van der Waals surface area contributed by atoms with Gasteiger partial charge in [-0.25, -0.2) is 8.42 Å². The molecule has 2 N–H and O–H groups in total. The molecule has 1 fully saturated rings. The summed E-state index contributed by atoms with van der Waals surface area (Å²) in [6.45, 7) is 6.04. The van der Waals surface area contributed by atoms with E-state index in [-0.39, 0.29) is 41.8 Å². The smallest absolute Gasteiger partial charge is 0.239 e. The molecule has 0 radical (unpaired) electrons. The van der Waals surface area contributed by atoms with Crippen molar-refractivity contribution in [3.63, 3.8) is 0 Å². The van der Waals surface area contributed by atoms with Crippen molar-refractivity contribution in [2.45, 2.75) is 45.6 Å². The van der Waals surface area contributed by atoms with Crippen molar-refractivity contribution in [1.82, 2.24) is 10.6 Å². The summed E-state index contributed by atoms with van der Waals surface area (Å²) in [4.78, 5) is 24.2. The van der Waals surface area contributed by atoms with Gasteiger partial charge in [0.2, 0.25) is 11.8 Å². The molecule has 7 heteroatoms. The maximum atomic E-state index is 12.3. The molecule has 144 valence electrons. The first-order valence-electron chi connectivity index (χ1n) is 8.99. The maximum Gasteiger partial charge on any atom is 0.239 e. The van der Waals surface area contributed by atoms with Gasteiger partial charge in [0, 0.05) is 12.5 Å². The Bertz CT molecular complexity index is 741. The number of hydrogen-bond donors (Lipinski definition) is 2. The molecule has 2 unspecified atom stereocenters.